The van der Waals surface area contributed by atoms with Crippen LogP contribution in [0.15, 0.2) is 108 Å². The number of carbonyl (C=O) groups excluding carboxylic acids is 1. The minimum atomic E-state index is -4.63. The van der Waals surface area contributed by atoms with Crippen molar-refractivity contribution in [2.45, 2.75) is 57.9 Å². The highest BCUT2D eigenvalue weighted by Crippen LogP contribution is 2.38. The van der Waals surface area contributed by atoms with Crippen LogP contribution in [0, 0.1) is 0 Å². The second-order valence-corrected chi connectivity index (χ2v) is 10.9. The highest BCUT2D eigenvalue weighted by Gasteiger charge is 2.39. The number of alkyl halides is 6. The van der Waals surface area contributed by atoms with Gasteiger partial charge in [0, 0.05) is 31.5 Å². The highest BCUT2D eigenvalue weighted by molar-refractivity contribution is 5.95. The molecule has 4 nitrogen and oxygen atoms in total. The third kappa shape index (κ3) is 7.46. The lowest BCUT2D eigenvalue weighted by Gasteiger charge is -2.34. The molecule has 0 radical (unpaired) electrons. The van der Waals surface area contributed by atoms with Crippen LogP contribution in [-0.4, -0.2) is 30.1 Å². The number of hydrogen-bond acceptors (Lipinski definition) is 3. The number of benzene rings is 2. The van der Waals surface area contributed by atoms with Crippen molar-refractivity contribution < 1.29 is 31.1 Å². The molecule has 4 rings (SSSR count). The molecule has 1 saturated heterocycles. The van der Waals surface area contributed by atoms with Gasteiger partial charge in [-0.25, -0.2) is 0 Å². The number of rotatable bonds is 8. The molecule has 10 heteroatoms. The number of amides is 1. The Morgan fingerprint density at radius 3 is 2.09 bits per heavy atom. The van der Waals surface area contributed by atoms with Crippen molar-refractivity contribution in [3.63, 3.8) is 0 Å². The number of nitrogens with zero attached hydrogens (tertiary/aromatic N) is 2. The van der Waals surface area contributed by atoms with Gasteiger partial charge < -0.3 is 15.1 Å². The number of hydrogen-bond donors (Lipinski definition) is 1. The summed E-state index contributed by atoms with van der Waals surface area (Å²) in [4.78, 5) is 16.8. The third-order valence-electron chi connectivity index (χ3n) is 7.97. The summed E-state index contributed by atoms with van der Waals surface area (Å²) in [5.74, 6) is -0.362. The summed E-state index contributed by atoms with van der Waals surface area (Å²) in [5.41, 5.74) is 1.91. The largest absolute Gasteiger partial charge is 0.418 e. The van der Waals surface area contributed by atoms with Crippen LogP contribution in [0.4, 0.5) is 32.0 Å². The number of halogens is 6. The first kappa shape index (κ1) is 32.7. The quantitative estimate of drug-likeness (QED) is 0.183. The van der Waals surface area contributed by atoms with E-state index in [9.17, 15) is 31.1 Å². The molecule has 0 bridgehead atoms. The Morgan fingerprint density at radius 2 is 1.57 bits per heavy atom. The lowest BCUT2D eigenvalue weighted by atomic mass is 9.88. The summed E-state index contributed by atoms with van der Waals surface area (Å²) in [7, 11) is 0. The van der Waals surface area contributed by atoms with Gasteiger partial charge in [0.25, 0.3) is 5.91 Å². The molecule has 2 aromatic rings. The third-order valence-corrected chi connectivity index (χ3v) is 7.97. The predicted molar refractivity (Wildman–Crippen MR) is 160 cm³/mol. The monoisotopic (exact) mass is 615 g/mol. The van der Waals surface area contributed by atoms with Crippen LogP contribution in [-0.2, 0) is 17.5 Å². The van der Waals surface area contributed by atoms with Crippen LogP contribution in [0.5, 0.6) is 0 Å². The Hall–Kier alpha value is -4.21. The van der Waals surface area contributed by atoms with E-state index >= 15 is 0 Å². The predicted octanol–water partition coefficient (Wildman–Crippen LogP) is 8.78. The average molecular weight is 616 g/mol. The van der Waals surface area contributed by atoms with E-state index in [-0.39, 0.29) is 23.9 Å². The summed E-state index contributed by atoms with van der Waals surface area (Å²) in [6.07, 6.45) is -3.43. The zero-order chi connectivity index (χ0) is 32.2. The molecule has 44 heavy (non-hydrogen) atoms. The fraction of sp³-hybridized carbons (Fsp3) is 0.324. The van der Waals surface area contributed by atoms with Crippen molar-refractivity contribution in [1.29, 1.82) is 0 Å². The van der Waals surface area contributed by atoms with Crippen molar-refractivity contribution in [3.8, 4) is 0 Å². The lowest BCUT2D eigenvalue weighted by molar-refractivity contribution is -0.137. The van der Waals surface area contributed by atoms with Crippen molar-refractivity contribution in [2.24, 2.45) is 0 Å². The summed E-state index contributed by atoms with van der Waals surface area (Å²) < 4.78 is 79.5. The van der Waals surface area contributed by atoms with Crippen molar-refractivity contribution in [3.05, 3.63) is 125 Å². The van der Waals surface area contributed by atoms with Crippen molar-refractivity contribution >= 4 is 11.6 Å². The summed E-state index contributed by atoms with van der Waals surface area (Å²) in [6.45, 7) is 12.7. The second kappa shape index (κ2) is 13.2. The maximum absolute atomic E-state index is 13.6. The molecule has 0 aromatic heterocycles. The molecule has 1 fully saturated rings. The minimum absolute atomic E-state index is 0.0450. The molecule has 1 amide bonds. The molecule has 2 heterocycles. The molecular formula is C34H35F6N3O. The van der Waals surface area contributed by atoms with Gasteiger partial charge in [-0.3, -0.25) is 4.79 Å². The molecule has 2 aliphatic heterocycles. The van der Waals surface area contributed by atoms with Crippen LogP contribution in [0.1, 0.15) is 55.7 Å². The minimum Gasteiger partial charge on any atom is -0.371 e. The van der Waals surface area contributed by atoms with Gasteiger partial charge in [-0.2, -0.15) is 26.3 Å². The fourth-order valence-electron chi connectivity index (χ4n) is 5.58. The van der Waals surface area contributed by atoms with Crippen LogP contribution in [0.3, 0.4) is 0 Å². The van der Waals surface area contributed by atoms with Crippen LogP contribution < -0.4 is 10.2 Å². The van der Waals surface area contributed by atoms with E-state index < -0.39 is 29.4 Å². The molecule has 0 unspecified atom stereocenters. The van der Waals surface area contributed by atoms with Gasteiger partial charge >= 0.3 is 12.4 Å². The molecule has 2 aromatic carbocycles. The average Bonchev–Trinajstić information content (AvgIpc) is 2.98. The summed E-state index contributed by atoms with van der Waals surface area (Å²) in [6, 6.07) is 13.0. The fourth-order valence-corrected chi connectivity index (χ4v) is 5.58. The Balaban J connectivity index is 1.39. The van der Waals surface area contributed by atoms with E-state index in [1.165, 1.54) is 17.2 Å². The van der Waals surface area contributed by atoms with Gasteiger partial charge in [-0.15, -0.1) is 0 Å². The molecule has 234 valence electrons. The molecule has 2 aliphatic rings. The molecule has 0 aliphatic carbocycles. The standard InChI is InChI=1S/C34H35F6N3O/c1-5-29(22(2)3)31(43-18-6-7-30(23(43)4)34(38,39)40)32(44)41-21-24-8-14-28(15-9-24)42-19-16-26(17-20-42)25-10-12-27(13-11-25)33(35,36)37/h6-15,18,26H,2,4-5,16-17,19-21H2,1,3H3,(H,41,44)/b31-29-. The van der Waals surface area contributed by atoms with Gasteiger partial charge in [-0.1, -0.05) is 49.9 Å². The van der Waals surface area contributed by atoms with Crippen molar-refractivity contribution in [2.75, 3.05) is 18.0 Å². The van der Waals surface area contributed by atoms with E-state index in [0.29, 0.717) is 17.6 Å². The number of allylic oxidation sites excluding steroid dienone is 5. The number of anilines is 1. The smallest absolute Gasteiger partial charge is 0.371 e. The van der Waals surface area contributed by atoms with Gasteiger partial charge in [0.1, 0.15) is 5.70 Å². The first-order valence-electron chi connectivity index (χ1n) is 14.3. The zero-order valence-corrected chi connectivity index (χ0v) is 24.7. The van der Waals surface area contributed by atoms with Gasteiger partial charge in [0.15, 0.2) is 0 Å². The van der Waals surface area contributed by atoms with Crippen molar-refractivity contribution in [1.82, 2.24) is 10.2 Å². The van der Waals surface area contributed by atoms with E-state index in [4.69, 9.17) is 0 Å². The summed E-state index contributed by atoms with van der Waals surface area (Å²) in [5, 5.41) is 2.84. The first-order chi connectivity index (χ1) is 20.7. The zero-order valence-electron chi connectivity index (χ0n) is 24.7. The normalized spacial score (nSPS) is 16.9. The SMILES string of the molecule is C=C(C)/C(CC)=C(/C(=O)NCc1ccc(N2CCC(c3ccc(C(F)(F)F)cc3)CC2)cc1)N1C=CC=C(C(F)(F)F)C1=C. The molecule has 1 N–H and O–H groups in total. The van der Waals surface area contributed by atoms with Crippen LogP contribution in [0.25, 0.3) is 0 Å². The van der Waals surface area contributed by atoms with Crippen LogP contribution in [0.2, 0.25) is 0 Å². The maximum Gasteiger partial charge on any atom is 0.418 e. The topological polar surface area (TPSA) is 35.6 Å². The molecular weight excluding hydrogens is 580 g/mol. The van der Waals surface area contributed by atoms with E-state index in [1.54, 1.807) is 26.0 Å². The number of nitrogens with one attached hydrogen (secondary N) is 1. The highest BCUT2D eigenvalue weighted by atomic mass is 19.4. The first-order valence-corrected chi connectivity index (χ1v) is 14.3. The lowest BCUT2D eigenvalue weighted by Crippen LogP contribution is -2.35. The maximum atomic E-state index is 13.6. The Kier molecular flexibility index (Phi) is 9.81. The molecule has 0 saturated carbocycles. The van der Waals surface area contributed by atoms with Gasteiger partial charge in [0.05, 0.1) is 16.8 Å². The molecule has 0 spiro atoms. The Morgan fingerprint density at radius 1 is 0.955 bits per heavy atom. The Labute approximate surface area is 253 Å². The van der Waals surface area contributed by atoms with E-state index in [1.807, 2.05) is 24.3 Å². The number of piperidine rings is 1. The van der Waals surface area contributed by atoms with Gasteiger partial charge in [0.2, 0.25) is 0 Å². The second-order valence-electron chi connectivity index (χ2n) is 10.9. The van der Waals surface area contributed by atoms with E-state index in [2.05, 4.69) is 23.4 Å². The van der Waals surface area contributed by atoms with E-state index in [0.717, 1.165) is 61.0 Å². The number of carbonyl (C=O) groups is 1. The summed E-state index contributed by atoms with van der Waals surface area (Å²) >= 11 is 0. The Bertz CT molecular complexity index is 1470. The van der Waals surface area contributed by atoms with Crippen LogP contribution >= 0.6 is 0 Å². The molecule has 0 atom stereocenters. The van der Waals surface area contributed by atoms with Gasteiger partial charge in [-0.05, 0) is 85.2 Å².